The topological polar surface area (TPSA) is 59.3 Å². The summed E-state index contributed by atoms with van der Waals surface area (Å²) in [6.07, 6.45) is 3.73. The second-order valence-corrected chi connectivity index (χ2v) is 6.81. The van der Waals surface area contributed by atoms with Crippen molar-refractivity contribution in [3.63, 3.8) is 0 Å². The van der Waals surface area contributed by atoms with Crippen LogP contribution < -0.4 is 10.9 Å². The number of aryl methyl sites for hydroxylation is 1. The average Bonchev–Trinajstić information content (AvgIpc) is 2.78. The first-order valence-corrected chi connectivity index (χ1v) is 8.00. The van der Waals surface area contributed by atoms with Crippen molar-refractivity contribution in [1.29, 1.82) is 0 Å². The van der Waals surface area contributed by atoms with Crippen LogP contribution in [0.15, 0.2) is 10.9 Å². The Kier molecular flexibility index (Phi) is 3.50. The highest BCUT2D eigenvalue weighted by molar-refractivity contribution is 7.20. The molecule has 0 saturated heterocycles. The molecule has 3 rings (SSSR count). The van der Waals surface area contributed by atoms with Gasteiger partial charge in [0.25, 0.3) is 5.56 Å². The highest BCUT2D eigenvalue weighted by Crippen LogP contribution is 2.32. The summed E-state index contributed by atoms with van der Waals surface area (Å²) in [5.74, 6) is 1.36. The fourth-order valence-corrected chi connectivity index (χ4v) is 3.84. The summed E-state index contributed by atoms with van der Waals surface area (Å²) >= 11 is 1.45. The van der Waals surface area contributed by atoms with Crippen molar-refractivity contribution in [2.45, 2.75) is 46.1 Å². The van der Waals surface area contributed by atoms with Gasteiger partial charge in [-0.3, -0.25) is 4.79 Å². The number of nitrogens with one attached hydrogen (secondary N) is 1. The van der Waals surface area contributed by atoms with Crippen molar-refractivity contribution in [2.75, 3.05) is 5.32 Å². The molecule has 2 heterocycles. The summed E-state index contributed by atoms with van der Waals surface area (Å²) in [6, 6.07) is 1.96. The van der Waals surface area contributed by atoms with Crippen molar-refractivity contribution >= 4 is 21.4 Å². The summed E-state index contributed by atoms with van der Waals surface area (Å²) in [6.45, 7) is 6.44. The van der Waals surface area contributed by atoms with Crippen LogP contribution in [0.3, 0.4) is 0 Å². The second-order valence-electron chi connectivity index (χ2n) is 5.86. The van der Waals surface area contributed by atoms with E-state index in [1.54, 1.807) is 0 Å². The zero-order valence-electron chi connectivity index (χ0n) is 12.1. The molecule has 1 fully saturated rings. The molecular formula is C14H20N4OS. The maximum atomic E-state index is 11.9. The first kappa shape index (κ1) is 13.5. The van der Waals surface area contributed by atoms with E-state index < -0.39 is 0 Å². The lowest BCUT2D eigenvalue weighted by atomic mass is 9.78. The molecule has 108 valence electrons. The molecule has 1 N–H and O–H groups in total. The zero-order valence-corrected chi connectivity index (χ0v) is 12.9. The highest BCUT2D eigenvalue weighted by Gasteiger charge is 2.27. The molecule has 0 radical (unpaired) electrons. The van der Waals surface area contributed by atoms with E-state index in [9.17, 15) is 4.79 Å². The van der Waals surface area contributed by atoms with Crippen LogP contribution in [0.4, 0.5) is 5.13 Å². The molecular weight excluding hydrogens is 272 g/mol. The molecule has 20 heavy (non-hydrogen) atoms. The Hall–Kier alpha value is -1.43. The lowest BCUT2D eigenvalue weighted by Crippen LogP contribution is -2.35. The monoisotopic (exact) mass is 292 g/mol. The molecule has 1 aliphatic rings. The standard InChI is InChI=1S/C14H20N4OS/c1-8-5-4-6-11(10(8)3)16-13-17-18-12(19)7-9(2)15-14(18)20-13/h7-8,10-11H,4-6H2,1-3H3,(H,16,17)/t8-,10+,11-/m1/s1. The number of anilines is 1. The SMILES string of the molecule is Cc1cc(=O)n2nc(N[C@@H]3CCC[C@@H](C)[C@@H]3C)sc2n1. The van der Waals surface area contributed by atoms with Crippen LogP contribution in [0.5, 0.6) is 0 Å². The van der Waals surface area contributed by atoms with E-state index in [4.69, 9.17) is 0 Å². The van der Waals surface area contributed by atoms with Gasteiger partial charge in [-0.1, -0.05) is 38.0 Å². The minimum absolute atomic E-state index is 0.109. The smallest absolute Gasteiger partial charge is 0.275 e. The number of aromatic nitrogens is 3. The average molecular weight is 292 g/mol. The summed E-state index contributed by atoms with van der Waals surface area (Å²) in [7, 11) is 0. The quantitative estimate of drug-likeness (QED) is 0.924. The number of hydrogen-bond donors (Lipinski definition) is 1. The first-order chi connectivity index (χ1) is 9.54. The highest BCUT2D eigenvalue weighted by atomic mass is 32.1. The molecule has 0 aliphatic heterocycles. The molecule has 6 heteroatoms. The minimum atomic E-state index is -0.109. The summed E-state index contributed by atoms with van der Waals surface area (Å²) in [5.41, 5.74) is 0.631. The van der Waals surface area contributed by atoms with Crippen molar-refractivity contribution in [2.24, 2.45) is 11.8 Å². The maximum Gasteiger partial charge on any atom is 0.275 e. The Bertz CT molecular complexity index is 677. The lowest BCUT2D eigenvalue weighted by Gasteiger charge is -2.34. The number of fused-ring (bicyclic) bond motifs is 1. The molecule has 0 aromatic carbocycles. The number of nitrogens with zero attached hydrogens (tertiary/aromatic N) is 3. The van der Waals surface area contributed by atoms with Crippen molar-refractivity contribution in [3.05, 3.63) is 22.1 Å². The molecule has 2 aromatic heterocycles. The Labute approximate surface area is 122 Å². The van der Waals surface area contributed by atoms with Crippen molar-refractivity contribution in [3.8, 4) is 0 Å². The van der Waals surface area contributed by atoms with Gasteiger partial charge in [0, 0.05) is 17.8 Å². The van der Waals surface area contributed by atoms with E-state index in [1.165, 1.54) is 41.2 Å². The van der Waals surface area contributed by atoms with E-state index in [0.29, 0.717) is 16.9 Å². The van der Waals surface area contributed by atoms with E-state index in [0.717, 1.165) is 16.7 Å². The fourth-order valence-electron chi connectivity index (χ4n) is 2.92. The summed E-state index contributed by atoms with van der Waals surface area (Å²) in [4.78, 5) is 16.9. The van der Waals surface area contributed by atoms with Gasteiger partial charge in [0.2, 0.25) is 10.1 Å². The van der Waals surface area contributed by atoms with Crippen molar-refractivity contribution in [1.82, 2.24) is 14.6 Å². The van der Waals surface area contributed by atoms with Gasteiger partial charge in [0.05, 0.1) is 0 Å². The van der Waals surface area contributed by atoms with E-state index in [1.807, 2.05) is 6.92 Å². The van der Waals surface area contributed by atoms with Crippen LogP contribution in [0.2, 0.25) is 0 Å². The predicted molar refractivity (Wildman–Crippen MR) is 81.5 cm³/mol. The number of hydrogen-bond acceptors (Lipinski definition) is 5. The Morgan fingerprint density at radius 2 is 2.20 bits per heavy atom. The van der Waals surface area contributed by atoms with Gasteiger partial charge in [0.1, 0.15) is 0 Å². The van der Waals surface area contributed by atoms with E-state index in [-0.39, 0.29) is 5.56 Å². The van der Waals surface area contributed by atoms with E-state index >= 15 is 0 Å². The van der Waals surface area contributed by atoms with Crippen LogP contribution in [0, 0.1) is 18.8 Å². The first-order valence-electron chi connectivity index (χ1n) is 7.18. The fraction of sp³-hybridized carbons (Fsp3) is 0.643. The van der Waals surface area contributed by atoms with Crippen LogP contribution in [0.25, 0.3) is 4.96 Å². The van der Waals surface area contributed by atoms with Gasteiger partial charge in [-0.05, 0) is 25.2 Å². The van der Waals surface area contributed by atoms with Gasteiger partial charge < -0.3 is 5.32 Å². The van der Waals surface area contributed by atoms with Crippen LogP contribution in [0.1, 0.15) is 38.8 Å². The molecule has 0 amide bonds. The van der Waals surface area contributed by atoms with Gasteiger partial charge >= 0.3 is 0 Å². The van der Waals surface area contributed by atoms with Crippen LogP contribution >= 0.6 is 11.3 Å². The normalized spacial score (nSPS) is 26.9. The molecule has 0 bridgehead atoms. The predicted octanol–water partition coefficient (Wildman–Crippen LogP) is 2.70. The van der Waals surface area contributed by atoms with Crippen LogP contribution in [-0.4, -0.2) is 20.6 Å². The largest absolute Gasteiger partial charge is 0.357 e. The lowest BCUT2D eigenvalue weighted by molar-refractivity contribution is 0.253. The van der Waals surface area contributed by atoms with Gasteiger partial charge in [0.15, 0.2) is 0 Å². The molecule has 0 spiro atoms. The molecule has 5 nitrogen and oxygen atoms in total. The molecule has 0 unspecified atom stereocenters. The van der Waals surface area contributed by atoms with E-state index in [2.05, 4.69) is 29.2 Å². The van der Waals surface area contributed by atoms with Crippen LogP contribution in [-0.2, 0) is 0 Å². The van der Waals surface area contributed by atoms with Gasteiger partial charge in [-0.25, -0.2) is 4.98 Å². The summed E-state index contributed by atoms with van der Waals surface area (Å²) in [5, 5.41) is 8.66. The Morgan fingerprint density at radius 1 is 1.40 bits per heavy atom. The maximum absolute atomic E-state index is 11.9. The van der Waals surface area contributed by atoms with Crippen molar-refractivity contribution < 1.29 is 0 Å². The molecule has 2 aromatic rings. The third kappa shape index (κ3) is 2.44. The number of rotatable bonds is 2. The molecule has 3 atom stereocenters. The third-order valence-corrected chi connectivity index (χ3v) is 5.23. The molecule has 1 aliphatic carbocycles. The third-order valence-electron chi connectivity index (χ3n) is 4.39. The van der Waals surface area contributed by atoms with Gasteiger partial charge in [-0.2, -0.15) is 4.52 Å². The Balaban J connectivity index is 1.88. The summed E-state index contributed by atoms with van der Waals surface area (Å²) < 4.78 is 1.39. The Morgan fingerprint density at radius 3 is 3.00 bits per heavy atom. The van der Waals surface area contributed by atoms with Gasteiger partial charge in [-0.15, -0.1) is 5.10 Å². The minimum Gasteiger partial charge on any atom is -0.357 e. The second kappa shape index (κ2) is 5.16. The molecule has 1 saturated carbocycles. The zero-order chi connectivity index (χ0) is 14.3.